The summed E-state index contributed by atoms with van der Waals surface area (Å²) in [7, 11) is 1.58. The average Bonchev–Trinajstić information content (AvgIpc) is 3.33. The van der Waals surface area contributed by atoms with Gasteiger partial charge in [0.1, 0.15) is 5.75 Å². The minimum absolute atomic E-state index is 0.0930. The molecule has 0 spiro atoms. The Bertz CT molecular complexity index is 1450. The fourth-order valence-corrected chi connectivity index (χ4v) is 3.80. The summed E-state index contributed by atoms with van der Waals surface area (Å²) in [4.78, 5) is 36.4. The predicted molar refractivity (Wildman–Crippen MR) is 140 cm³/mol. The molecule has 1 fully saturated rings. The van der Waals surface area contributed by atoms with Crippen LogP contribution >= 0.6 is 0 Å². The van der Waals surface area contributed by atoms with E-state index in [-0.39, 0.29) is 29.8 Å². The Morgan fingerprint density at radius 3 is 2.47 bits per heavy atom. The number of hydrogen-bond acceptors (Lipinski definition) is 7. The van der Waals surface area contributed by atoms with Gasteiger partial charge < -0.3 is 20.1 Å². The topological polar surface area (TPSA) is 109 Å². The summed E-state index contributed by atoms with van der Waals surface area (Å²) in [6.07, 6.45) is 1.48. The lowest BCUT2D eigenvalue weighted by Gasteiger charge is -2.18. The summed E-state index contributed by atoms with van der Waals surface area (Å²) < 4.78 is 25.5. The molecule has 3 aromatic carbocycles. The smallest absolute Gasteiger partial charge is 0.332 e. The number of urea groups is 2. The highest BCUT2D eigenvalue weighted by Gasteiger charge is 2.34. The van der Waals surface area contributed by atoms with Crippen LogP contribution in [0.3, 0.4) is 0 Å². The second kappa shape index (κ2) is 10.8. The van der Waals surface area contributed by atoms with Crippen LogP contribution in [0.2, 0.25) is 0 Å². The van der Waals surface area contributed by atoms with Crippen LogP contribution in [0.5, 0.6) is 17.4 Å². The van der Waals surface area contributed by atoms with E-state index in [0.29, 0.717) is 18.0 Å². The van der Waals surface area contributed by atoms with Gasteiger partial charge in [0.2, 0.25) is 11.8 Å². The zero-order chi connectivity index (χ0) is 26.5. The Kier molecular flexibility index (Phi) is 6.98. The first-order valence-electron chi connectivity index (χ1n) is 11.7. The Morgan fingerprint density at radius 2 is 1.74 bits per heavy atom. The minimum atomic E-state index is -0.718. The van der Waals surface area contributed by atoms with Crippen molar-refractivity contribution < 1.29 is 23.5 Å². The first kappa shape index (κ1) is 24.5. The molecule has 0 bridgehead atoms. The molecule has 10 nitrogen and oxygen atoms in total. The third-order valence-electron chi connectivity index (χ3n) is 5.70. The zero-order valence-corrected chi connectivity index (χ0v) is 20.3. The molecule has 38 heavy (non-hydrogen) atoms. The van der Waals surface area contributed by atoms with E-state index in [1.165, 1.54) is 29.3 Å². The molecule has 1 aromatic heterocycles. The molecule has 4 amide bonds. The number of hydrogen-bond donors (Lipinski definition) is 2. The number of nitrogens with one attached hydrogen (secondary N) is 2. The molecule has 1 saturated heterocycles. The second-order valence-corrected chi connectivity index (χ2v) is 8.17. The van der Waals surface area contributed by atoms with Gasteiger partial charge in [0.25, 0.3) is 0 Å². The van der Waals surface area contributed by atoms with Gasteiger partial charge >= 0.3 is 12.1 Å². The standard InChI is InChI=1S/C27H23FN6O4/c1-37-21-10-7-18(8-11-21)30-25-29-14-13-24(32-25)38-23-12-9-19(17-22(23)28)31-26(35)34-16-15-33(27(34)36)20-5-3-2-4-6-20/h2-14,17H,15-16H2,1H3,(H,31,35)(H,29,30,32). The monoisotopic (exact) mass is 514 g/mol. The summed E-state index contributed by atoms with van der Waals surface area (Å²) in [5, 5.41) is 5.60. The molecule has 1 aliphatic rings. The number of methoxy groups -OCH3 is 1. The summed E-state index contributed by atoms with van der Waals surface area (Å²) in [5.41, 5.74) is 1.61. The Morgan fingerprint density at radius 1 is 0.974 bits per heavy atom. The number of rotatable bonds is 7. The van der Waals surface area contributed by atoms with E-state index in [2.05, 4.69) is 20.6 Å². The number of para-hydroxylation sites is 1. The van der Waals surface area contributed by atoms with Gasteiger partial charge in [0, 0.05) is 41.9 Å². The van der Waals surface area contributed by atoms with Gasteiger partial charge in [0.15, 0.2) is 11.6 Å². The Balaban J connectivity index is 1.21. The number of carbonyl (C=O) groups excluding carboxylic acids is 2. The SMILES string of the molecule is COc1ccc(Nc2nccc(Oc3ccc(NC(=O)N4CCN(c5ccccc5)C4=O)cc3F)n2)cc1. The molecule has 0 unspecified atom stereocenters. The van der Waals surface area contributed by atoms with Crippen LogP contribution in [0.25, 0.3) is 0 Å². The summed E-state index contributed by atoms with van der Waals surface area (Å²) in [6, 6.07) is 20.6. The molecule has 1 aliphatic heterocycles. The van der Waals surface area contributed by atoms with E-state index in [9.17, 15) is 14.0 Å². The van der Waals surface area contributed by atoms with Crippen molar-refractivity contribution in [2.24, 2.45) is 0 Å². The molecular weight excluding hydrogens is 491 g/mol. The van der Waals surface area contributed by atoms with E-state index in [4.69, 9.17) is 9.47 Å². The van der Waals surface area contributed by atoms with Crippen LogP contribution in [-0.4, -0.2) is 47.1 Å². The molecule has 0 saturated carbocycles. The van der Waals surface area contributed by atoms with E-state index >= 15 is 0 Å². The molecule has 192 valence electrons. The third kappa shape index (κ3) is 5.46. The number of halogens is 1. The molecule has 2 N–H and O–H groups in total. The van der Waals surface area contributed by atoms with Crippen LogP contribution in [0.1, 0.15) is 0 Å². The van der Waals surface area contributed by atoms with Gasteiger partial charge in [-0.2, -0.15) is 4.98 Å². The largest absolute Gasteiger partial charge is 0.497 e. The lowest BCUT2D eigenvalue weighted by atomic mass is 10.3. The fourth-order valence-electron chi connectivity index (χ4n) is 3.80. The van der Waals surface area contributed by atoms with Crippen LogP contribution < -0.4 is 25.0 Å². The van der Waals surface area contributed by atoms with Gasteiger partial charge in [-0.3, -0.25) is 4.90 Å². The maximum absolute atomic E-state index is 14.8. The molecule has 2 heterocycles. The normalized spacial score (nSPS) is 12.8. The molecule has 0 radical (unpaired) electrons. The summed E-state index contributed by atoms with van der Waals surface area (Å²) in [6.45, 7) is 0.579. The van der Waals surface area contributed by atoms with Crippen LogP contribution in [0.4, 0.5) is 37.0 Å². The predicted octanol–water partition coefficient (Wildman–Crippen LogP) is 5.63. The zero-order valence-electron chi connectivity index (χ0n) is 20.3. The van der Waals surface area contributed by atoms with Gasteiger partial charge in [0.05, 0.1) is 13.7 Å². The van der Waals surface area contributed by atoms with E-state index in [0.717, 1.165) is 16.7 Å². The highest BCUT2D eigenvalue weighted by Crippen LogP contribution is 2.27. The maximum atomic E-state index is 14.8. The molecule has 0 atom stereocenters. The lowest BCUT2D eigenvalue weighted by Crippen LogP contribution is -2.39. The number of imide groups is 1. The lowest BCUT2D eigenvalue weighted by molar-refractivity contribution is 0.209. The summed E-state index contributed by atoms with van der Waals surface area (Å²) in [5.74, 6) is 0.284. The number of aromatic nitrogens is 2. The molecule has 5 rings (SSSR count). The Hall–Kier alpha value is -5.19. The van der Waals surface area contributed by atoms with Gasteiger partial charge in [-0.05, 0) is 48.5 Å². The van der Waals surface area contributed by atoms with Crippen molar-refractivity contribution in [3.8, 4) is 17.4 Å². The number of amides is 4. The first-order chi connectivity index (χ1) is 18.5. The van der Waals surface area contributed by atoms with Crippen molar-refractivity contribution >= 4 is 35.1 Å². The van der Waals surface area contributed by atoms with Crippen molar-refractivity contribution in [1.82, 2.24) is 14.9 Å². The van der Waals surface area contributed by atoms with Gasteiger partial charge in [-0.15, -0.1) is 0 Å². The highest BCUT2D eigenvalue weighted by atomic mass is 19.1. The highest BCUT2D eigenvalue weighted by molar-refractivity contribution is 6.08. The van der Waals surface area contributed by atoms with Crippen molar-refractivity contribution in [3.05, 3.63) is 90.9 Å². The fraction of sp³-hybridized carbons (Fsp3) is 0.111. The van der Waals surface area contributed by atoms with Crippen LogP contribution in [-0.2, 0) is 0 Å². The Labute approximate surface area is 217 Å². The molecular formula is C27H23FN6O4. The number of carbonyl (C=O) groups is 2. The number of benzene rings is 3. The van der Waals surface area contributed by atoms with Crippen molar-refractivity contribution in [2.75, 3.05) is 35.7 Å². The quantitative estimate of drug-likeness (QED) is 0.329. The van der Waals surface area contributed by atoms with E-state index in [1.54, 1.807) is 43.5 Å². The summed E-state index contributed by atoms with van der Waals surface area (Å²) >= 11 is 0. The van der Waals surface area contributed by atoms with Crippen LogP contribution in [0, 0.1) is 5.82 Å². The number of ether oxygens (including phenoxy) is 2. The number of anilines is 4. The van der Waals surface area contributed by atoms with Gasteiger partial charge in [-0.1, -0.05) is 18.2 Å². The van der Waals surface area contributed by atoms with E-state index in [1.807, 2.05) is 18.2 Å². The average molecular weight is 515 g/mol. The molecule has 0 aliphatic carbocycles. The maximum Gasteiger partial charge on any atom is 0.332 e. The van der Waals surface area contributed by atoms with E-state index < -0.39 is 17.9 Å². The van der Waals surface area contributed by atoms with Crippen molar-refractivity contribution in [1.29, 1.82) is 0 Å². The number of nitrogens with zero attached hydrogens (tertiary/aromatic N) is 4. The first-order valence-corrected chi connectivity index (χ1v) is 11.7. The van der Waals surface area contributed by atoms with Crippen molar-refractivity contribution in [2.45, 2.75) is 0 Å². The molecule has 4 aromatic rings. The minimum Gasteiger partial charge on any atom is -0.497 e. The third-order valence-corrected chi connectivity index (χ3v) is 5.70. The van der Waals surface area contributed by atoms with Gasteiger partial charge in [-0.25, -0.2) is 23.9 Å². The van der Waals surface area contributed by atoms with Crippen LogP contribution in [0.15, 0.2) is 85.1 Å². The molecule has 11 heteroatoms. The van der Waals surface area contributed by atoms with Crippen molar-refractivity contribution in [3.63, 3.8) is 0 Å². The second-order valence-electron chi connectivity index (χ2n) is 8.17.